The second kappa shape index (κ2) is 16.4. The Morgan fingerprint density at radius 2 is 1.64 bits per heavy atom. The van der Waals surface area contributed by atoms with Gasteiger partial charge in [-0.1, -0.05) is 81.8 Å². The van der Waals surface area contributed by atoms with Gasteiger partial charge in [0.1, 0.15) is 0 Å². The number of allylic oxidation sites excluding steroid dienone is 1. The predicted molar refractivity (Wildman–Crippen MR) is 175 cm³/mol. The number of rotatable bonds is 14. The molecule has 2 aromatic carbocycles. The first-order valence-electron chi connectivity index (χ1n) is 16.2. The molecule has 0 spiro atoms. The molecule has 5 nitrogen and oxygen atoms in total. The van der Waals surface area contributed by atoms with Gasteiger partial charge in [-0.15, -0.1) is 0 Å². The van der Waals surface area contributed by atoms with E-state index in [4.69, 9.17) is 0 Å². The molecule has 1 unspecified atom stereocenters. The van der Waals surface area contributed by atoms with Gasteiger partial charge in [0, 0.05) is 13.0 Å². The molecule has 1 amide bonds. The van der Waals surface area contributed by atoms with Gasteiger partial charge < -0.3 is 10.2 Å². The summed E-state index contributed by atoms with van der Waals surface area (Å²) in [5.41, 5.74) is 4.11. The fraction of sp³-hybridized carbons (Fsp3) is 0.583. The highest BCUT2D eigenvalue weighted by Gasteiger charge is 2.34. The van der Waals surface area contributed by atoms with Crippen molar-refractivity contribution in [3.05, 3.63) is 77.9 Å². The third kappa shape index (κ3) is 10.4. The Morgan fingerprint density at radius 1 is 1.00 bits per heavy atom. The zero-order valence-electron chi connectivity index (χ0n) is 26.5. The maximum absolute atomic E-state index is 12.4. The van der Waals surface area contributed by atoms with Gasteiger partial charge in [-0.05, 0) is 106 Å². The van der Waals surface area contributed by atoms with Crippen LogP contribution in [-0.4, -0.2) is 44.6 Å². The minimum absolute atomic E-state index is 0.121. The summed E-state index contributed by atoms with van der Waals surface area (Å²) in [5, 5.41) is 3.32. The summed E-state index contributed by atoms with van der Waals surface area (Å²) < 4.78 is 23.3. The van der Waals surface area contributed by atoms with Gasteiger partial charge in [-0.25, -0.2) is 8.42 Å². The average Bonchev–Trinajstić information content (AvgIpc) is 3.81. The highest BCUT2D eigenvalue weighted by atomic mass is 32.2. The van der Waals surface area contributed by atoms with Gasteiger partial charge >= 0.3 is 0 Å². The van der Waals surface area contributed by atoms with E-state index in [1.807, 2.05) is 25.1 Å². The van der Waals surface area contributed by atoms with Gasteiger partial charge in [-0.3, -0.25) is 4.79 Å². The normalized spacial score (nSPS) is 17.5. The van der Waals surface area contributed by atoms with E-state index in [1.54, 1.807) is 12.1 Å². The molecule has 1 N–H and O–H groups in total. The molecule has 1 aliphatic heterocycles. The van der Waals surface area contributed by atoms with Gasteiger partial charge in [-0.2, -0.15) is 0 Å². The van der Waals surface area contributed by atoms with E-state index >= 15 is 0 Å². The number of hydrogen-bond acceptors (Lipinski definition) is 4. The SMILES string of the molecule is C=C(C)C1(CCC)CCN(CCC(NC(=O)CC2CC2)c2ccccc2)CC1.CCCS(=O)(=O)c1ccc(CC)cc1. The number of benzene rings is 2. The minimum atomic E-state index is -3.04. The van der Waals surface area contributed by atoms with Crippen LogP contribution in [0, 0.1) is 11.3 Å². The molecule has 0 radical (unpaired) electrons. The van der Waals surface area contributed by atoms with Gasteiger partial charge in [0.2, 0.25) is 5.91 Å². The maximum atomic E-state index is 12.4. The van der Waals surface area contributed by atoms with E-state index in [9.17, 15) is 13.2 Å². The fourth-order valence-electron chi connectivity index (χ4n) is 6.05. The highest BCUT2D eigenvalue weighted by Crippen LogP contribution is 2.42. The van der Waals surface area contributed by atoms with Crippen LogP contribution in [0.3, 0.4) is 0 Å². The zero-order valence-corrected chi connectivity index (χ0v) is 27.4. The molecule has 2 aliphatic rings. The monoisotopic (exact) mass is 594 g/mol. The van der Waals surface area contributed by atoms with E-state index in [0.717, 1.165) is 32.5 Å². The van der Waals surface area contributed by atoms with Gasteiger partial charge in [0.15, 0.2) is 9.84 Å². The molecule has 42 heavy (non-hydrogen) atoms. The molecule has 2 fully saturated rings. The molecular formula is C36H54N2O3S. The number of nitrogens with zero attached hydrogens (tertiary/aromatic N) is 1. The van der Waals surface area contributed by atoms with Crippen molar-refractivity contribution in [3.8, 4) is 0 Å². The van der Waals surface area contributed by atoms with Crippen LogP contribution in [0.1, 0.15) is 103 Å². The summed E-state index contributed by atoms with van der Waals surface area (Å²) in [6.07, 6.45) is 10.7. The molecule has 1 saturated heterocycles. The van der Waals surface area contributed by atoms with Crippen molar-refractivity contribution in [2.45, 2.75) is 103 Å². The Kier molecular flexibility index (Phi) is 13.3. The molecule has 6 heteroatoms. The molecule has 1 aliphatic carbocycles. The van der Waals surface area contributed by atoms with Crippen LogP contribution in [-0.2, 0) is 21.1 Å². The van der Waals surface area contributed by atoms with E-state index in [2.05, 4.69) is 61.8 Å². The van der Waals surface area contributed by atoms with Crippen molar-refractivity contribution >= 4 is 15.7 Å². The van der Waals surface area contributed by atoms with E-state index < -0.39 is 9.84 Å². The molecule has 1 saturated carbocycles. The number of aryl methyl sites for hydroxylation is 1. The van der Waals surface area contributed by atoms with Crippen LogP contribution in [0.2, 0.25) is 0 Å². The third-order valence-corrected chi connectivity index (χ3v) is 11.0. The first kappa shape index (κ1) is 34.1. The van der Waals surface area contributed by atoms with E-state index in [0.29, 0.717) is 29.1 Å². The molecule has 1 atom stereocenters. The topological polar surface area (TPSA) is 66.5 Å². The number of likely N-dealkylation sites (tertiary alicyclic amines) is 1. The number of piperidine rings is 1. The molecular weight excluding hydrogens is 540 g/mol. The number of nitrogens with one attached hydrogen (secondary N) is 1. The van der Waals surface area contributed by atoms with Crippen LogP contribution < -0.4 is 5.32 Å². The second-order valence-electron chi connectivity index (χ2n) is 12.4. The second-order valence-corrected chi connectivity index (χ2v) is 14.5. The molecule has 1 heterocycles. The van der Waals surface area contributed by atoms with Crippen molar-refractivity contribution in [2.75, 3.05) is 25.4 Å². The Labute approximate surface area is 256 Å². The highest BCUT2D eigenvalue weighted by molar-refractivity contribution is 7.91. The summed E-state index contributed by atoms with van der Waals surface area (Å²) in [5.74, 6) is 1.09. The van der Waals surface area contributed by atoms with Crippen molar-refractivity contribution in [2.24, 2.45) is 11.3 Å². The van der Waals surface area contributed by atoms with E-state index in [-0.39, 0.29) is 17.7 Å². The van der Waals surface area contributed by atoms with Gasteiger partial charge in [0.25, 0.3) is 0 Å². The summed E-state index contributed by atoms with van der Waals surface area (Å²) in [7, 11) is -3.04. The largest absolute Gasteiger partial charge is 0.349 e. The molecule has 2 aromatic rings. The Bertz CT molecular complexity index is 1210. The van der Waals surface area contributed by atoms with Crippen molar-refractivity contribution in [1.29, 1.82) is 0 Å². The summed E-state index contributed by atoms with van der Waals surface area (Å²) in [4.78, 5) is 15.5. The van der Waals surface area contributed by atoms with Crippen molar-refractivity contribution in [1.82, 2.24) is 10.2 Å². The van der Waals surface area contributed by atoms with Crippen LogP contribution >= 0.6 is 0 Å². The number of hydrogen-bond donors (Lipinski definition) is 1. The molecule has 4 rings (SSSR count). The Balaban J connectivity index is 0.000000291. The number of sulfone groups is 1. The maximum Gasteiger partial charge on any atom is 0.220 e. The van der Waals surface area contributed by atoms with Crippen LogP contribution in [0.5, 0.6) is 0 Å². The quantitative estimate of drug-likeness (QED) is 0.226. The molecule has 232 valence electrons. The standard InChI is InChI=1S/C25H38N2O.C11H16O2S/c1-4-13-25(20(2)3)14-17-27(18-15-25)16-12-23(22-8-6-5-7-9-22)26-24(28)19-21-10-11-21;1-3-9-14(12,13)11-7-5-10(4-2)6-8-11/h5-9,21,23H,2,4,10-19H2,1,3H3,(H,26,28);5-8H,3-4,9H2,1-2H3. The first-order chi connectivity index (χ1) is 20.1. The van der Waals surface area contributed by atoms with Crippen LogP contribution in [0.25, 0.3) is 0 Å². The summed E-state index contributed by atoms with van der Waals surface area (Å²) in [6.45, 7) is 16.1. The van der Waals surface area contributed by atoms with Crippen molar-refractivity contribution < 1.29 is 13.2 Å². The number of carbonyl (C=O) groups excluding carboxylic acids is 1. The Morgan fingerprint density at radius 3 is 2.17 bits per heavy atom. The van der Waals surface area contributed by atoms with Gasteiger partial charge in [0.05, 0.1) is 16.7 Å². The predicted octanol–water partition coefficient (Wildman–Crippen LogP) is 7.93. The minimum Gasteiger partial charge on any atom is -0.349 e. The third-order valence-electron chi connectivity index (χ3n) is 9.05. The molecule has 0 aromatic heterocycles. The van der Waals surface area contributed by atoms with E-state index in [1.165, 1.54) is 55.2 Å². The van der Waals surface area contributed by atoms with Crippen LogP contribution in [0.15, 0.2) is 71.6 Å². The lowest BCUT2D eigenvalue weighted by atomic mass is 9.70. The fourth-order valence-corrected chi connectivity index (χ4v) is 7.37. The number of carbonyl (C=O) groups is 1. The first-order valence-corrected chi connectivity index (χ1v) is 17.8. The zero-order chi connectivity index (χ0) is 30.6. The summed E-state index contributed by atoms with van der Waals surface area (Å²) >= 11 is 0. The lowest BCUT2D eigenvalue weighted by molar-refractivity contribution is -0.122. The molecule has 0 bridgehead atoms. The lowest BCUT2D eigenvalue weighted by Crippen LogP contribution is -2.42. The Hall–Kier alpha value is -2.44. The number of amides is 1. The smallest absolute Gasteiger partial charge is 0.220 e. The van der Waals surface area contributed by atoms with Crippen LogP contribution in [0.4, 0.5) is 0 Å². The summed E-state index contributed by atoms with van der Waals surface area (Å²) in [6, 6.07) is 17.7. The average molecular weight is 595 g/mol. The van der Waals surface area contributed by atoms with Crippen molar-refractivity contribution in [3.63, 3.8) is 0 Å². The lowest BCUT2D eigenvalue weighted by Gasteiger charge is -2.43.